The molecule has 1 amide bonds. The molecule has 0 bridgehead atoms. The van der Waals surface area contributed by atoms with Gasteiger partial charge >= 0.3 is 20.6 Å². The van der Waals surface area contributed by atoms with Gasteiger partial charge in [-0.1, -0.05) is 41.5 Å². The van der Waals surface area contributed by atoms with Crippen LogP contribution in [-0.4, -0.2) is 62.7 Å². The number of hydrogen-bond acceptors (Lipinski definition) is 6. The van der Waals surface area contributed by atoms with Gasteiger partial charge in [0.2, 0.25) is 0 Å². The number of alkyl halides is 3. The van der Waals surface area contributed by atoms with Gasteiger partial charge in [0.1, 0.15) is 18.2 Å². The smallest absolute Gasteiger partial charge is 0.388 e. The number of nitrogens with one attached hydrogen (secondary N) is 1. The molecule has 2 rings (SSSR count). The van der Waals surface area contributed by atoms with Crippen molar-refractivity contribution in [1.82, 2.24) is 5.32 Å². The summed E-state index contributed by atoms with van der Waals surface area (Å²) in [6, 6.07) is -1.47. The molecule has 11 heteroatoms. The summed E-state index contributed by atoms with van der Waals surface area (Å²) >= 11 is 0. The molecule has 2 aliphatic rings. The first-order valence-corrected chi connectivity index (χ1v) is 11.4. The highest BCUT2D eigenvalue weighted by Gasteiger charge is 2.68. The molecular formula is C18H32F3NO6Si. The van der Waals surface area contributed by atoms with Gasteiger partial charge in [0.15, 0.2) is 12.6 Å². The van der Waals surface area contributed by atoms with Crippen LogP contribution in [0.15, 0.2) is 0 Å². The zero-order chi connectivity index (χ0) is 22.6. The largest absolute Gasteiger partial charge is 0.471 e. The van der Waals surface area contributed by atoms with Gasteiger partial charge in [0.25, 0.3) is 0 Å². The van der Waals surface area contributed by atoms with E-state index in [-0.39, 0.29) is 0 Å². The topological polar surface area (TPSA) is 86.2 Å². The van der Waals surface area contributed by atoms with Crippen molar-refractivity contribution in [2.45, 2.75) is 109 Å². The van der Waals surface area contributed by atoms with Gasteiger partial charge in [-0.3, -0.25) is 4.79 Å². The number of fused-ring (bicyclic) bond motifs is 1. The maximum atomic E-state index is 12.8. The van der Waals surface area contributed by atoms with Crippen LogP contribution in [0.2, 0.25) is 10.1 Å². The highest BCUT2D eigenvalue weighted by molar-refractivity contribution is 6.74. The predicted octanol–water partition coefficient (Wildman–Crippen LogP) is 2.96. The Hall–Kier alpha value is -0.723. The second-order valence-electron chi connectivity index (χ2n) is 9.86. The van der Waals surface area contributed by atoms with Crippen molar-refractivity contribution in [3.05, 3.63) is 0 Å². The Balaban J connectivity index is 2.39. The summed E-state index contributed by atoms with van der Waals surface area (Å²) in [4.78, 5) is 11.5. The first kappa shape index (κ1) is 24.5. The number of carbonyl (C=O) groups is 1. The third-order valence-electron chi connectivity index (χ3n) is 5.05. The highest BCUT2D eigenvalue weighted by atomic mass is 28.4. The van der Waals surface area contributed by atoms with E-state index in [1.54, 1.807) is 19.2 Å². The summed E-state index contributed by atoms with van der Waals surface area (Å²) < 4.78 is 62.3. The van der Waals surface area contributed by atoms with Crippen molar-refractivity contribution in [3.8, 4) is 0 Å². The van der Waals surface area contributed by atoms with Crippen molar-refractivity contribution in [3.63, 3.8) is 0 Å². The van der Waals surface area contributed by atoms with Crippen LogP contribution < -0.4 is 5.32 Å². The third-order valence-corrected chi connectivity index (χ3v) is 10.2. The molecule has 0 aromatic heterocycles. The Kier molecular flexibility index (Phi) is 6.56. The molecule has 2 heterocycles. The number of ether oxygens (including phenoxy) is 2. The van der Waals surface area contributed by atoms with Crippen molar-refractivity contribution in [1.29, 1.82) is 0 Å². The fraction of sp³-hybridized carbons (Fsp3) is 0.944. The van der Waals surface area contributed by atoms with E-state index in [1.807, 2.05) is 41.5 Å². The summed E-state index contributed by atoms with van der Waals surface area (Å²) in [5.41, 5.74) is 0. The van der Waals surface area contributed by atoms with Gasteiger partial charge in [-0.05, 0) is 13.8 Å². The third kappa shape index (κ3) is 4.64. The minimum absolute atomic E-state index is 0.426. The molecule has 0 aromatic rings. The summed E-state index contributed by atoms with van der Waals surface area (Å²) in [5, 5.41) is 11.8. The Bertz CT molecular complexity index is 602. The van der Waals surface area contributed by atoms with Crippen LogP contribution >= 0.6 is 0 Å². The lowest BCUT2D eigenvalue weighted by molar-refractivity contribution is -0.295. The molecule has 0 saturated carbocycles. The Morgan fingerprint density at radius 3 is 2.00 bits per heavy atom. The molecule has 0 unspecified atom stereocenters. The molecule has 0 aromatic carbocycles. The second kappa shape index (κ2) is 7.76. The molecule has 2 fully saturated rings. The number of amides is 1. The normalized spacial score (nSPS) is 32.9. The van der Waals surface area contributed by atoms with E-state index < -0.39 is 67.7 Å². The predicted molar refractivity (Wildman–Crippen MR) is 100 cm³/mol. The standard InChI is InChI=1S/C18H32F3NO6Si/c1-9(2)25-13-10(22-15(24)18(19,20)21)11(23)12-14(26-13)28-29(27-12,16(3,4)5)17(6,7)8/h9-14,23H,1-8H3,(H,22,24)/t10-,11-,12-,13+,14-/m1/s1. The SMILES string of the molecule is CC(C)O[C@H]1O[C@@H]2O[Si](C(C)(C)C)(C(C)(C)C)O[C@@H]2[C@H](O)[C@H]1NC(=O)C(F)(F)F. The molecule has 0 spiro atoms. The molecule has 170 valence electrons. The highest BCUT2D eigenvalue weighted by Crippen LogP contribution is 2.57. The van der Waals surface area contributed by atoms with Gasteiger partial charge in [-0.2, -0.15) is 13.2 Å². The molecule has 2 N–H and O–H groups in total. The Morgan fingerprint density at radius 1 is 1.07 bits per heavy atom. The minimum atomic E-state index is -5.11. The number of carbonyl (C=O) groups excluding carboxylic acids is 1. The van der Waals surface area contributed by atoms with Crippen LogP contribution in [0, 0.1) is 0 Å². The Morgan fingerprint density at radius 2 is 1.59 bits per heavy atom. The average Bonchev–Trinajstić information content (AvgIpc) is 2.90. The quantitative estimate of drug-likeness (QED) is 0.653. The summed E-state index contributed by atoms with van der Waals surface area (Å²) in [7, 11) is -3.06. The lowest BCUT2D eigenvalue weighted by Gasteiger charge is -2.45. The zero-order valence-electron chi connectivity index (χ0n) is 18.1. The second-order valence-corrected chi connectivity index (χ2v) is 14.6. The van der Waals surface area contributed by atoms with Gasteiger partial charge in [0, 0.05) is 10.1 Å². The first-order chi connectivity index (χ1) is 12.9. The van der Waals surface area contributed by atoms with E-state index in [1.165, 1.54) is 0 Å². The van der Waals surface area contributed by atoms with E-state index in [0.717, 1.165) is 0 Å². The fourth-order valence-corrected chi connectivity index (χ4v) is 8.90. The molecule has 0 radical (unpaired) electrons. The van der Waals surface area contributed by atoms with Gasteiger partial charge in [-0.15, -0.1) is 0 Å². The van der Waals surface area contributed by atoms with E-state index in [2.05, 4.69) is 0 Å². The number of aliphatic hydroxyl groups is 1. The average molecular weight is 444 g/mol. The fourth-order valence-electron chi connectivity index (χ4n) is 4.03. The van der Waals surface area contributed by atoms with Crippen LogP contribution in [-0.2, 0) is 23.1 Å². The summed E-state index contributed by atoms with van der Waals surface area (Å²) in [6.45, 7) is 15.1. The number of halogens is 3. The van der Waals surface area contributed by atoms with Crippen LogP contribution in [0.3, 0.4) is 0 Å². The van der Waals surface area contributed by atoms with Crippen LogP contribution in [0.4, 0.5) is 13.2 Å². The van der Waals surface area contributed by atoms with Crippen LogP contribution in [0.1, 0.15) is 55.4 Å². The lowest BCUT2D eigenvalue weighted by atomic mass is 10.0. The molecule has 2 aliphatic heterocycles. The summed E-state index contributed by atoms with van der Waals surface area (Å²) in [6.07, 6.45) is -10.4. The number of aliphatic hydroxyl groups excluding tert-OH is 1. The number of rotatable bonds is 3. The summed E-state index contributed by atoms with van der Waals surface area (Å²) in [5.74, 6) is -2.19. The van der Waals surface area contributed by atoms with Crippen LogP contribution in [0.25, 0.3) is 0 Å². The molecule has 29 heavy (non-hydrogen) atoms. The van der Waals surface area contributed by atoms with Gasteiger partial charge in [-0.25, -0.2) is 0 Å². The zero-order valence-corrected chi connectivity index (χ0v) is 19.1. The molecular weight excluding hydrogens is 411 g/mol. The Labute approximate surface area is 170 Å². The van der Waals surface area contributed by atoms with Crippen molar-refractivity contribution in [2.75, 3.05) is 0 Å². The molecule has 0 aliphatic carbocycles. The van der Waals surface area contributed by atoms with E-state index in [9.17, 15) is 23.1 Å². The van der Waals surface area contributed by atoms with Crippen LogP contribution in [0.5, 0.6) is 0 Å². The monoisotopic (exact) mass is 443 g/mol. The van der Waals surface area contributed by atoms with E-state index in [0.29, 0.717) is 0 Å². The molecule has 5 atom stereocenters. The molecule has 2 saturated heterocycles. The minimum Gasteiger partial charge on any atom is -0.388 e. The van der Waals surface area contributed by atoms with E-state index in [4.69, 9.17) is 18.3 Å². The van der Waals surface area contributed by atoms with Gasteiger partial charge in [0.05, 0.1) is 6.10 Å². The maximum Gasteiger partial charge on any atom is 0.471 e. The van der Waals surface area contributed by atoms with Crippen molar-refractivity contribution < 1.29 is 41.4 Å². The van der Waals surface area contributed by atoms with Gasteiger partial charge < -0.3 is 28.7 Å². The van der Waals surface area contributed by atoms with Crippen molar-refractivity contribution >= 4 is 14.5 Å². The van der Waals surface area contributed by atoms with Crippen molar-refractivity contribution in [2.24, 2.45) is 0 Å². The number of hydrogen-bond donors (Lipinski definition) is 2. The van der Waals surface area contributed by atoms with E-state index >= 15 is 0 Å². The lowest BCUT2D eigenvalue weighted by Crippen LogP contribution is -2.65. The molecule has 7 nitrogen and oxygen atoms in total. The maximum absolute atomic E-state index is 12.8. The first-order valence-electron chi connectivity index (χ1n) is 9.63.